The third-order valence-corrected chi connectivity index (χ3v) is 5.19. The fraction of sp³-hybridized carbons (Fsp3) is 0.571. The van der Waals surface area contributed by atoms with Gasteiger partial charge in [-0.2, -0.15) is 5.10 Å². The second-order valence-corrected chi connectivity index (χ2v) is 8.96. The number of nitrogens with zero attached hydrogens (tertiary/aromatic N) is 2. The number of hydrogen-bond acceptors (Lipinski definition) is 6. The van der Waals surface area contributed by atoms with Gasteiger partial charge in [-0.1, -0.05) is 44.5 Å². The Labute approximate surface area is 186 Å². The molecule has 2 atom stereocenters. The number of hydrogen-bond donors (Lipinski definition) is 5. The van der Waals surface area contributed by atoms with E-state index in [0.29, 0.717) is 29.0 Å². The smallest absolute Gasteiger partial charge is 0.273 e. The van der Waals surface area contributed by atoms with Gasteiger partial charge in [0.15, 0.2) is 5.69 Å². The van der Waals surface area contributed by atoms with Crippen LogP contribution in [0.2, 0.25) is 5.02 Å². The Morgan fingerprint density at radius 1 is 1.29 bits per heavy atom. The minimum absolute atomic E-state index is 0.119. The van der Waals surface area contributed by atoms with Crippen molar-refractivity contribution in [2.75, 3.05) is 19.7 Å². The van der Waals surface area contributed by atoms with Crippen LogP contribution in [-0.2, 0) is 11.3 Å². The lowest BCUT2D eigenvalue weighted by molar-refractivity contribution is -0.125. The van der Waals surface area contributed by atoms with E-state index in [1.54, 1.807) is 22.9 Å². The van der Waals surface area contributed by atoms with E-state index in [-0.39, 0.29) is 12.2 Å². The van der Waals surface area contributed by atoms with Crippen molar-refractivity contribution in [2.24, 2.45) is 11.1 Å². The molecule has 1 aromatic heterocycles. The molecule has 0 fully saturated rings. The van der Waals surface area contributed by atoms with Crippen LogP contribution < -0.4 is 16.4 Å². The maximum absolute atomic E-state index is 13.1. The summed E-state index contributed by atoms with van der Waals surface area (Å²) in [6.07, 6.45) is 0.537. The monoisotopic (exact) mass is 453 g/mol. The molecule has 0 saturated carbocycles. The topological polar surface area (TPSA) is 142 Å². The molecule has 1 heterocycles. The van der Waals surface area contributed by atoms with Crippen LogP contribution in [0, 0.1) is 5.41 Å². The first-order chi connectivity index (χ1) is 14.6. The Morgan fingerprint density at radius 3 is 2.61 bits per heavy atom. The number of aliphatic hydroxyl groups is 2. The molecule has 0 spiro atoms. The quantitative estimate of drug-likeness (QED) is 0.340. The first-order valence-electron chi connectivity index (χ1n) is 10.3. The number of benzene rings is 1. The maximum atomic E-state index is 13.1. The van der Waals surface area contributed by atoms with E-state index < -0.39 is 36.0 Å². The number of rotatable bonds is 10. The molecule has 0 saturated heterocycles. The summed E-state index contributed by atoms with van der Waals surface area (Å²) >= 11 is 6.38. The average molecular weight is 454 g/mol. The van der Waals surface area contributed by atoms with E-state index in [4.69, 9.17) is 22.4 Å². The van der Waals surface area contributed by atoms with Crippen molar-refractivity contribution in [1.82, 2.24) is 20.4 Å². The van der Waals surface area contributed by atoms with Gasteiger partial charge in [-0.15, -0.1) is 0 Å². The van der Waals surface area contributed by atoms with Crippen LogP contribution in [-0.4, -0.2) is 63.7 Å². The highest BCUT2D eigenvalue weighted by Gasteiger charge is 2.34. The summed E-state index contributed by atoms with van der Waals surface area (Å²) in [7, 11) is 0. The van der Waals surface area contributed by atoms with Crippen LogP contribution in [0.15, 0.2) is 18.2 Å². The van der Waals surface area contributed by atoms with E-state index in [2.05, 4.69) is 15.7 Å². The maximum Gasteiger partial charge on any atom is 0.273 e. The van der Waals surface area contributed by atoms with Crippen LogP contribution in [0.25, 0.3) is 10.9 Å². The van der Waals surface area contributed by atoms with Crippen molar-refractivity contribution < 1.29 is 19.8 Å². The largest absolute Gasteiger partial charge is 0.394 e. The second-order valence-electron chi connectivity index (χ2n) is 8.56. The van der Waals surface area contributed by atoms with E-state index in [1.807, 2.05) is 20.8 Å². The molecule has 2 aromatic rings. The zero-order valence-electron chi connectivity index (χ0n) is 18.2. The van der Waals surface area contributed by atoms with Gasteiger partial charge in [-0.25, -0.2) is 0 Å². The van der Waals surface area contributed by atoms with Crippen LogP contribution in [0.1, 0.15) is 44.1 Å². The van der Waals surface area contributed by atoms with Gasteiger partial charge in [-0.3, -0.25) is 14.3 Å². The standard InChI is InChI=1S/C21H32ClN5O4/c1-21(2,3)18(20(31)24-11-13(29)12-28)25-19(30)16-14-7-6-8-15(22)17(14)27(26-16)10-5-4-9-23/h6-8,13,18,28-29H,4-5,9-12,23H2,1-3H3,(H,24,31)(H,25,30). The third kappa shape index (κ3) is 6.39. The van der Waals surface area contributed by atoms with E-state index in [0.717, 1.165) is 12.8 Å². The minimum atomic E-state index is -1.07. The number of nitrogens with one attached hydrogen (secondary N) is 2. The normalized spacial score (nSPS) is 13.8. The molecular weight excluding hydrogens is 422 g/mol. The number of amides is 2. The number of nitrogens with two attached hydrogens (primary N) is 1. The molecule has 0 radical (unpaired) electrons. The molecule has 172 valence electrons. The van der Waals surface area contributed by atoms with Gasteiger partial charge >= 0.3 is 0 Å². The van der Waals surface area contributed by atoms with Crippen LogP contribution in [0.3, 0.4) is 0 Å². The molecule has 0 aliphatic carbocycles. The van der Waals surface area contributed by atoms with Crippen molar-refractivity contribution >= 4 is 34.3 Å². The van der Waals surface area contributed by atoms with Crippen molar-refractivity contribution in [1.29, 1.82) is 0 Å². The SMILES string of the molecule is CC(C)(C)C(NC(=O)c1nn(CCCCN)c2c(Cl)cccc12)C(=O)NCC(O)CO. The summed E-state index contributed by atoms with van der Waals surface area (Å²) in [5, 5.41) is 29.3. The lowest BCUT2D eigenvalue weighted by Crippen LogP contribution is -2.54. The van der Waals surface area contributed by atoms with Gasteiger partial charge in [0.1, 0.15) is 6.04 Å². The molecule has 1 aromatic carbocycles. The number of aromatic nitrogens is 2. The number of aliphatic hydroxyl groups excluding tert-OH is 2. The molecule has 0 bridgehead atoms. The summed E-state index contributed by atoms with van der Waals surface area (Å²) < 4.78 is 1.70. The second kappa shape index (κ2) is 10.9. The number of aryl methyl sites for hydroxylation is 1. The summed E-state index contributed by atoms with van der Waals surface area (Å²) in [5.41, 5.74) is 5.81. The minimum Gasteiger partial charge on any atom is -0.394 e. The lowest BCUT2D eigenvalue weighted by Gasteiger charge is -2.30. The lowest BCUT2D eigenvalue weighted by atomic mass is 9.86. The summed E-state index contributed by atoms with van der Waals surface area (Å²) in [6.45, 7) is 6.00. The summed E-state index contributed by atoms with van der Waals surface area (Å²) in [5.74, 6) is -0.958. The molecule has 10 heteroatoms. The number of halogens is 1. The first-order valence-corrected chi connectivity index (χ1v) is 10.7. The summed E-state index contributed by atoms with van der Waals surface area (Å²) in [4.78, 5) is 25.8. The molecule has 6 N–H and O–H groups in total. The Balaban J connectivity index is 2.31. The van der Waals surface area contributed by atoms with Gasteiger partial charge in [0.05, 0.1) is 23.3 Å². The highest BCUT2D eigenvalue weighted by atomic mass is 35.5. The molecule has 9 nitrogen and oxygen atoms in total. The zero-order valence-corrected chi connectivity index (χ0v) is 18.9. The molecular formula is C21H32ClN5O4. The molecule has 0 aliphatic heterocycles. The molecule has 2 unspecified atom stereocenters. The number of unbranched alkanes of at least 4 members (excludes halogenated alkanes) is 1. The zero-order chi connectivity index (χ0) is 23.2. The molecule has 2 amide bonds. The van der Waals surface area contributed by atoms with Crippen molar-refractivity contribution in [2.45, 2.75) is 52.3 Å². The van der Waals surface area contributed by atoms with Gasteiger partial charge in [-0.05, 0) is 30.9 Å². The molecule has 2 rings (SSSR count). The van der Waals surface area contributed by atoms with E-state index in [1.165, 1.54) is 0 Å². The molecule has 31 heavy (non-hydrogen) atoms. The fourth-order valence-corrected chi connectivity index (χ4v) is 3.46. The number of carbonyl (C=O) groups excluding carboxylic acids is 2. The highest BCUT2D eigenvalue weighted by molar-refractivity contribution is 6.35. The number of carbonyl (C=O) groups is 2. The van der Waals surface area contributed by atoms with Crippen molar-refractivity contribution in [3.05, 3.63) is 28.9 Å². The van der Waals surface area contributed by atoms with Gasteiger partial charge in [0, 0.05) is 18.5 Å². The Hall–Kier alpha value is -2.20. The average Bonchev–Trinajstić information content (AvgIpc) is 3.09. The third-order valence-electron chi connectivity index (χ3n) is 4.89. The van der Waals surface area contributed by atoms with Crippen LogP contribution in [0.5, 0.6) is 0 Å². The van der Waals surface area contributed by atoms with Gasteiger partial charge in [0.25, 0.3) is 5.91 Å². The first kappa shape index (κ1) is 25.1. The van der Waals surface area contributed by atoms with Crippen molar-refractivity contribution in [3.8, 4) is 0 Å². The number of fused-ring (bicyclic) bond motifs is 1. The predicted molar refractivity (Wildman–Crippen MR) is 120 cm³/mol. The van der Waals surface area contributed by atoms with E-state index >= 15 is 0 Å². The predicted octanol–water partition coefficient (Wildman–Crippen LogP) is 1.04. The van der Waals surface area contributed by atoms with Crippen LogP contribution >= 0.6 is 11.6 Å². The fourth-order valence-electron chi connectivity index (χ4n) is 3.19. The Bertz CT molecular complexity index is 909. The Morgan fingerprint density at radius 2 is 2.00 bits per heavy atom. The van der Waals surface area contributed by atoms with Crippen LogP contribution in [0.4, 0.5) is 0 Å². The Kier molecular flexibility index (Phi) is 8.81. The van der Waals surface area contributed by atoms with E-state index in [9.17, 15) is 14.7 Å². The molecule has 0 aliphatic rings. The summed E-state index contributed by atoms with van der Waals surface area (Å²) in [6, 6.07) is 4.37. The van der Waals surface area contributed by atoms with Gasteiger partial charge in [0.2, 0.25) is 5.91 Å². The number of para-hydroxylation sites is 1. The van der Waals surface area contributed by atoms with Crippen molar-refractivity contribution in [3.63, 3.8) is 0 Å². The highest BCUT2D eigenvalue weighted by Crippen LogP contribution is 2.27. The van der Waals surface area contributed by atoms with Gasteiger partial charge < -0.3 is 26.6 Å².